The minimum Gasteiger partial charge on any atom is -0.393 e. The molecule has 0 saturated carbocycles. The summed E-state index contributed by atoms with van der Waals surface area (Å²) in [6.07, 6.45) is 1.17. The van der Waals surface area contributed by atoms with Gasteiger partial charge in [0, 0.05) is 22.7 Å². The molecule has 0 bridgehead atoms. The van der Waals surface area contributed by atoms with E-state index in [0.717, 1.165) is 21.6 Å². The van der Waals surface area contributed by atoms with E-state index in [9.17, 15) is 5.11 Å². The molecule has 90 valence electrons. The Morgan fingerprint density at radius 3 is 2.71 bits per heavy atom. The van der Waals surface area contributed by atoms with E-state index in [0.29, 0.717) is 6.42 Å². The third-order valence-electron chi connectivity index (χ3n) is 2.37. The Labute approximate surface area is 113 Å². The second-order valence-electron chi connectivity index (χ2n) is 4.09. The summed E-state index contributed by atoms with van der Waals surface area (Å²) in [5.41, 5.74) is 2.24. The summed E-state index contributed by atoms with van der Waals surface area (Å²) in [4.78, 5) is 4.51. The zero-order valence-corrected chi connectivity index (χ0v) is 12.0. The van der Waals surface area contributed by atoms with Crippen molar-refractivity contribution in [3.05, 3.63) is 50.4 Å². The number of thiazole rings is 1. The van der Waals surface area contributed by atoms with E-state index in [2.05, 4.69) is 33.0 Å². The maximum absolute atomic E-state index is 9.29. The average Bonchev–Trinajstić information content (AvgIpc) is 2.68. The lowest BCUT2D eigenvalue weighted by Gasteiger charge is -1.99. The van der Waals surface area contributed by atoms with Crippen LogP contribution in [0.1, 0.15) is 23.2 Å². The molecule has 0 spiro atoms. The number of hydrogen-bond donors (Lipinski definition) is 1. The topological polar surface area (TPSA) is 33.1 Å². The predicted molar refractivity (Wildman–Crippen MR) is 74.4 cm³/mol. The summed E-state index contributed by atoms with van der Waals surface area (Å²) in [6, 6.07) is 8.28. The normalized spacial score (nSPS) is 12.6. The van der Waals surface area contributed by atoms with E-state index in [-0.39, 0.29) is 6.10 Å². The molecule has 1 aromatic heterocycles. The van der Waals surface area contributed by atoms with Gasteiger partial charge in [0.05, 0.1) is 16.8 Å². The van der Waals surface area contributed by atoms with Crippen LogP contribution in [0.25, 0.3) is 0 Å². The molecule has 0 fully saturated rings. The zero-order valence-electron chi connectivity index (χ0n) is 9.56. The van der Waals surface area contributed by atoms with Gasteiger partial charge in [0.2, 0.25) is 0 Å². The van der Waals surface area contributed by atoms with Crippen molar-refractivity contribution in [3.8, 4) is 0 Å². The average molecular weight is 312 g/mol. The summed E-state index contributed by atoms with van der Waals surface area (Å²) in [6.45, 7) is 1.79. The molecule has 2 rings (SSSR count). The van der Waals surface area contributed by atoms with E-state index in [1.807, 2.05) is 17.5 Å². The van der Waals surface area contributed by atoms with Gasteiger partial charge in [-0.15, -0.1) is 11.3 Å². The summed E-state index contributed by atoms with van der Waals surface area (Å²) in [5.74, 6) is 0. The summed E-state index contributed by atoms with van der Waals surface area (Å²) < 4.78 is 1.09. The summed E-state index contributed by atoms with van der Waals surface area (Å²) >= 11 is 5.08. The monoisotopic (exact) mass is 311 g/mol. The third kappa shape index (κ3) is 3.91. The van der Waals surface area contributed by atoms with E-state index in [1.54, 1.807) is 18.3 Å². The van der Waals surface area contributed by atoms with Gasteiger partial charge in [-0.25, -0.2) is 4.98 Å². The van der Waals surface area contributed by atoms with Crippen LogP contribution < -0.4 is 0 Å². The minimum absolute atomic E-state index is 0.322. The number of aliphatic hydroxyl groups is 1. The molecule has 2 nitrogen and oxygen atoms in total. The number of rotatable bonds is 4. The molecule has 2 aromatic rings. The minimum atomic E-state index is -0.322. The number of benzene rings is 1. The number of aromatic nitrogens is 1. The lowest BCUT2D eigenvalue weighted by atomic mass is 10.2. The summed E-state index contributed by atoms with van der Waals surface area (Å²) in [5, 5.41) is 12.4. The number of halogens is 1. The number of hydrogen-bond acceptors (Lipinski definition) is 3. The Balaban J connectivity index is 2.03. The van der Waals surface area contributed by atoms with Crippen LogP contribution in [0, 0.1) is 0 Å². The van der Waals surface area contributed by atoms with Crippen molar-refractivity contribution in [2.45, 2.75) is 25.9 Å². The van der Waals surface area contributed by atoms with Gasteiger partial charge in [-0.05, 0) is 24.6 Å². The van der Waals surface area contributed by atoms with Gasteiger partial charge in [-0.3, -0.25) is 0 Å². The first-order valence-electron chi connectivity index (χ1n) is 5.49. The molecule has 1 N–H and O–H groups in total. The molecular formula is C13H14BrNOS. The maximum Gasteiger partial charge on any atom is 0.0972 e. The van der Waals surface area contributed by atoms with Gasteiger partial charge in [-0.2, -0.15) is 0 Å². The van der Waals surface area contributed by atoms with Gasteiger partial charge in [-0.1, -0.05) is 28.1 Å². The Bertz CT molecular complexity index is 478. The first-order chi connectivity index (χ1) is 8.13. The Hall–Kier alpha value is -0.710. The number of nitrogens with zero attached hydrogens (tertiary/aromatic N) is 1. The van der Waals surface area contributed by atoms with Crippen molar-refractivity contribution in [1.82, 2.24) is 4.98 Å². The zero-order chi connectivity index (χ0) is 12.3. The fourth-order valence-corrected chi connectivity index (χ4v) is 2.71. The van der Waals surface area contributed by atoms with E-state index in [4.69, 9.17) is 0 Å². The highest BCUT2D eigenvalue weighted by Crippen LogP contribution is 2.17. The van der Waals surface area contributed by atoms with Crippen LogP contribution in [-0.2, 0) is 12.8 Å². The fourth-order valence-electron chi connectivity index (χ4n) is 1.60. The van der Waals surface area contributed by atoms with Crippen LogP contribution in [0.5, 0.6) is 0 Å². The van der Waals surface area contributed by atoms with Crippen molar-refractivity contribution < 1.29 is 5.11 Å². The molecular weight excluding hydrogens is 298 g/mol. The van der Waals surface area contributed by atoms with Gasteiger partial charge in [0.1, 0.15) is 0 Å². The summed E-state index contributed by atoms with van der Waals surface area (Å²) in [7, 11) is 0. The molecule has 1 atom stereocenters. The van der Waals surface area contributed by atoms with Gasteiger partial charge < -0.3 is 5.11 Å². The Kier molecular flexibility index (Phi) is 4.31. The molecule has 1 unspecified atom stereocenters. The number of aliphatic hydroxyl groups excluding tert-OH is 1. The Morgan fingerprint density at radius 2 is 2.06 bits per heavy atom. The third-order valence-corrected chi connectivity index (χ3v) is 3.80. The SMILES string of the molecule is CC(O)Cc1csc(Cc2ccc(Br)cc2)n1. The molecule has 1 heterocycles. The molecule has 4 heteroatoms. The van der Waals surface area contributed by atoms with Crippen LogP contribution >= 0.6 is 27.3 Å². The maximum atomic E-state index is 9.29. The van der Waals surface area contributed by atoms with Crippen molar-refractivity contribution in [2.75, 3.05) is 0 Å². The van der Waals surface area contributed by atoms with Crippen molar-refractivity contribution in [1.29, 1.82) is 0 Å². The molecule has 17 heavy (non-hydrogen) atoms. The van der Waals surface area contributed by atoms with Gasteiger partial charge in [0.25, 0.3) is 0 Å². The van der Waals surface area contributed by atoms with Crippen LogP contribution in [0.3, 0.4) is 0 Å². The predicted octanol–water partition coefficient (Wildman–Crippen LogP) is 3.42. The van der Waals surface area contributed by atoms with Crippen LogP contribution in [0.15, 0.2) is 34.1 Å². The van der Waals surface area contributed by atoms with Crippen LogP contribution in [0.4, 0.5) is 0 Å². The molecule has 0 amide bonds. The lowest BCUT2D eigenvalue weighted by molar-refractivity contribution is 0.194. The first kappa shape index (κ1) is 12.7. The van der Waals surface area contributed by atoms with E-state index < -0.39 is 0 Å². The molecule has 0 aliphatic heterocycles. The second kappa shape index (κ2) is 5.76. The fraction of sp³-hybridized carbons (Fsp3) is 0.308. The molecule has 0 saturated heterocycles. The largest absolute Gasteiger partial charge is 0.393 e. The van der Waals surface area contributed by atoms with Crippen molar-refractivity contribution >= 4 is 27.3 Å². The standard InChI is InChI=1S/C13H14BrNOS/c1-9(16)6-12-8-17-13(15-12)7-10-2-4-11(14)5-3-10/h2-5,8-9,16H,6-7H2,1H3. The first-order valence-corrected chi connectivity index (χ1v) is 7.16. The van der Waals surface area contributed by atoms with Gasteiger partial charge >= 0.3 is 0 Å². The lowest BCUT2D eigenvalue weighted by Crippen LogP contribution is -2.04. The van der Waals surface area contributed by atoms with E-state index >= 15 is 0 Å². The molecule has 0 aliphatic rings. The highest BCUT2D eigenvalue weighted by Gasteiger charge is 2.05. The molecule has 0 aliphatic carbocycles. The van der Waals surface area contributed by atoms with Crippen LogP contribution in [0.2, 0.25) is 0 Å². The highest BCUT2D eigenvalue weighted by atomic mass is 79.9. The van der Waals surface area contributed by atoms with Crippen LogP contribution in [-0.4, -0.2) is 16.2 Å². The highest BCUT2D eigenvalue weighted by molar-refractivity contribution is 9.10. The smallest absolute Gasteiger partial charge is 0.0972 e. The van der Waals surface area contributed by atoms with Crippen molar-refractivity contribution in [3.63, 3.8) is 0 Å². The van der Waals surface area contributed by atoms with Gasteiger partial charge in [0.15, 0.2) is 0 Å². The molecule has 1 aromatic carbocycles. The molecule has 0 radical (unpaired) electrons. The second-order valence-corrected chi connectivity index (χ2v) is 5.95. The quantitative estimate of drug-likeness (QED) is 0.938. The Morgan fingerprint density at radius 1 is 1.35 bits per heavy atom. The van der Waals surface area contributed by atoms with Crippen molar-refractivity contribution in [2.24, 2.45) is 0 Å². The van der Waals surface area contributed by atoms with E-state index in [1.165, 1.54) is 5.56 Å².